The van der Waals surface area contributed by atoms with Crippen molar-refractivity contribution in [2.24, 2.45) is 0 Å². The van der Waals surface area contributed by atoms with Gasteiger partial charge in [-0.3, -0.25) is 9.59 Å². The molecule has 4 amide bonds. The number of carbonyl (C=O) groups excluding carboxylic acids is 3. The summed E-state index contributed by atoms with van der Waals surface area (Å²) in [7, 11) is 1.70. The molecule has 0 spiro atoms. The minimum absolute atomic E-state index is 0. The van der Waals surface area contributed by atoms with E-state index in [4.69, 9.17) is 11.6 Å². The van der Waals surface area contributed by atoms with Gasteiger partial charge in [0.25, 0.3) is 0 Å². The summed E-state index contributed by atoms with van der Waals surface area (Å²) in [5.41, 5.74) is 2.51. The molecule has 3 aromatic carbocycles. The molecule has 2 aliphatic heterocycles. The molecule has 10 heteroatoms. The van der Waals surface area contributed by atoms with Crippen LogP contribution in [0.5, 0.6) is 5.75 Å². The lowest BCUT2D eigenvalue weighted by atomic mass is 9.98. The van der Waals surface area contributed by atoms with Gasteiger partial charge in [-0.25, -0.2) is 14.8 Å². The van der Waals surface area contributed by atoms with Crippen molar-refractivity contribution in [3.63, 3.8) is 0 Å². The minimum atomic E-state index is -0.832. The van der Waals surface area contributed by atoms with E-state index < -0.39 is 12.2 Å². The summed E-state index contributed by atoms with van der Waals surface area (Å²) in [6, 6.07) is 22.3. The number of fused-ring (bicyclic) bond motifs is 1. The number of phenolic OH excluding ortho intramolecular Hbond substituents is 1. The number of benzene rings is 3. The van der Waals surface area contributed by atoms with Gasteiger partial charge >= 0.3 is 6.03 Å². The Balaban J connectivity index is 0.00000370. The van der Waals surface area contributed by atoms with Gasteiger partial charge in [0.1, 0.15) is 18.0 Å². The van der Waals surface area contributed by atoms with Crippen molar-refractivity contribution in [2.75, 3.05) is 20.1 Å². The first-order chi connectivity index (χ1) is 18.8. The monoisotopic (exact) mass is 563 g/mol. The Hall–Kier alpha value is -4.08. The standard InChI is InChI=1S/C29H30ClN5O4.CH4/c1-32-19-27(37)34-25(15-20-11-13-23(36)14-12-20)28(38)33(17-22-9-5-6-10-24(22)30)18-26(34)35(32)29(39)31-16-21-7-3-2-4-8-21;/h2-14,25-26,36H,15-19H2,1H3,(H,31,39);1H4/t25-,26?;/m0./s1. The fourth-order valence-corrected chi connectivity index (χ4v) is 5.38. The molecule has 0 bridgehead atoms. The van der Waals surface area contributed by atoms with Crippen molar-refractivity contribution in [2.45, 2.75) is 39.1 Å². The Kier molecular flexibility index (Phi) is 8.96. The van der Waals surface area contributed by atoms with Crippen LogP contribution in [0, 0.1) is 0 Å². The average molecular weight is 564 g/mol. The largest absolute Gasteiger partial charge is 0.508 e. The second kappa shape index (κ2) is 12.4. The maximum atomic E-state index is 13.9. The number of rotatable bonds is 6. The Morgan fingerprint density at radius 2 is 1.65 bits per heavy atom. The van der Waals surface area contributed by atoms with Gasteiger partial charge in [0.2, 0.25) is 11.8 Å². The maximum Gasteiger partial charge on any atom is 0.334 e. The van der Waals surface area contributed by atoms with Crippen LogP contribution in [-0.4, -0.2) is 75.1 Å². The SMILES string of the molecule is C.CN1CC(=O)N2C(CN(Cc3ccccc3Cl)C(=O)[C@@H]2Cc2ccc(O)cc2)N1C(=O)NCc1ccccc1. The van der Waals surface area contributed by atoms with E-state index in [-0.39, 0.29) is 57.1 Å². The summed E-state index contributed by atoms with van der Waals surface area (Å²) >= 11 is 6.43. The predicted molar refractivity (Wildman–Crippen MR) is 153 cm³/mol. The molecule has 5 rings (SSSR count). The highest BCUT2D eigenvalue weighted by atomic mass is 35.5. The number of hydrazine groups is 1. The van der Waals surface area contributed by atoms with Crippen molar-refractivity contribution in [3.8, 4) is 5.75 Å². The average Bonchev–Trinajstić information content (AvgIpc) is 2.92. The number of amides is 4. The van der Waals surface area contributed by atoms with Crippen LogP contribution in [0.25, 0.3) is 0 Å². The van der Waals surface area contributed by atoms with Gasteiger partial charge in [-0.05, 0) is 34.9 Å². The molecule has 3 aromatic rings. The molecule has 2 saturated heterocycles. The minimum Gasteiger partial charge on any atom is -0.508 e. The first-order valence-corrected chi connectivity index (χ1v) is 13.1. The third-order valence-corrected chi connectivity index (χ3v) is 7.49. The van der Waals surface area contributed by atoms with Gasteiger partial charge < -0.3 is 20.2 Å². The first kappa shape index (κ1) is 28.9. The molecule has 0 aliphatic carbocycles. The van der Waals surface area contributed by atoms with Crippen LogP contribution in [-0.2, 0) is 29.1 Å². The molecule has 210 valence electrons. The highest BCUT2D eigenvalue weighted by Gasteiger charge is 2.50. The van der Waals surface area contributed by atoms with E-state index in [0.29, 0.717) is 11.6 Å². The summed E-state index contributed by atoms with van der Waals surface area (Å²) < 4.78 is 0. The van der Waals surface area contributed by atoms with Gasteiger partial charge in [-0.15, -0.1) is 0 Å². The number of piperazine rings is 1. The molecular weight excluding hydrogens is 530 g/mol. The van der Waals surface area contributed by atoms with E-state index in [0.717, 1.165) is 16.7 Å². The lowest BCUT2D eigenvalue weighted by Gasteiger charge is -2.54. The van der Waals surface area contributed by atoms with E-state index in [1.54, 1.807) is 52.2 Å². The molecule has 2 aliphatic rings. The molecule has 2 fully saturated rings. The lowest BCUT2D eigenvalue weighted by molar-refractivity contribution is -0.187. The quantitative estimate of drug-likeness (QED) is 0.475. The Labute approximate surface area is 239 Å². The molecule has 2 heterocycles. The van der Waals surface area contributed by atoms with Crippen molar-refractivity contribution < 1.29 is 19.5 Å². The summed E-state index contributed by atoms with van der Waals surface area (Å²) in [4.78, 5) is 44.0. The normalized spacial score (nSPS) is 19.2. The second-order valence-corrected chi connectivity index (χ2v) is 10.2. The van der Waals surface area contributed by atoms with Gasteiger partial charge in [0, 0.05) is 31.6 Å². The fraction of sp³-hybridized carbons (Fsp3) is 0.300. The highest BCUT2D eigenvalue weighted by molar-refractivity contribution is 6.31. The molecule has 1 unspecified atom stereocenters. The maximum absolute atomic E-state index is 13.9. The molecule has 9 nitrogen and oxygen atoms in total. The van der Waals surface area contributed by atoms with Crippen LogP contribution in [0.4, 0.5) is 4.79 Å². The summed E-state index contributed by atoms with van der Waals surface area (Å²) in [5.74, 6) is -0.338. The van der Waals surface area contributed by atoms with E-state index in [2.05, 4.69) is 5.32 Å². The number of nitrogens with one attached hydrogen (secondary N) is 1. The Morgan fingerprint density at radius 1 is 0.975 bits per heavy atom. The number of hydrogen-bond acceptors (Lipinski definition) is 5. The zero-order chi connectivity index (χ0) is 27.5. The number of urea groups is 1. The number of carbonyl (C=O) groups is 3. The molecular formula is C30H34ClN5O4. The topological polar surface area (TPSA) is 96.4 Å². The first-order valence-electron chi connectivity index (χ1n) is 12.7. The van der Waals surface area contributed by atoms with Gasteiger partial charge in [-0.1, -0.05) is 79.7 Å². The number of hydrogen-bond donors (Lipinski definition) is 2. The van der Waals surface area contributed by atoms with E-state index in [1.807, 2.05) is 48.5 Å². The van der Waals surface area contributed by atoms with Gasteiger partial charge in [-0.2, -0.15) is 0 Å². The van der Waals surface area contributed by atoms with Crippen LogP contribution >= 0.6 is 11.6 Å². The summed E-state index contributed by atoms with van der Waals surface area (Å²) in [6.45, 7) is 0.653. The molecule has 0 aromatic heterocycles. The summed E-state index contributed by atoms with van der Waals surface area (Å²) in [6.07, 6.45) is -0.474. The number of aromatic hydroxyl groups is 1. The number of halogens is 1. The van der Waals surface area contributed by atoms with Crippen LogP contribution in [0.3, 0.4) is 0 Å². The van der Waals surface area contributed by atoms with Crippen LogP contribution in [0.2, 0.25) is 5.02 Å². The Bertz CT molecular complexity index is 1350. The van der Waals surface area contributed by atoms with E-state index in [9.17, 15) is 19.5 Å². The van der Waals surface area contributed by atoms with E-state index in [1.165, 1.54) is 5.01 Å². The van der Waals surface area contributed by atoms with Crippen molar-refractivity contribution in [1.29, 1.82) is 0 Å². The third kappa shape index (κ3) is 6.05. The van der Waals surface area contributed by atoms with Crippen molar-refractivity contribution in [1.82, 2.24) is 25.1 Å². The molecule has 0 radical (unpaired) electrons. The third-order valence-electron chi connectivity index (χ3n) is 7.12. The van der Waals surface area contributed by atoms with Crippen molar-refractivity contribution in [3.05, 3.63) is 101 Å². The second-order valence-electron chi connectivity index (χ2n) is 9.78. The fourth-order valence-electron chi connectivity index (χ4n) is 5.19. The zero-order valence-electron chi connectivity index (χ0n) is 21.5. The number of nitrogens with zero attached hydrogens (tertiary/aromatic N) is 4. The summed E-state index contributed by atoms with van der Waals surface area (Å²) in [5, 5.41) is 16.4. The van der Waals surface area contributed by atoms with Crippen molar-refractivity contribution >= 4 is 29.4 Å². The van der Waals surface area contributed by atoms with Crippen LogP contribution in [0.1, 0.15) is 24.1 Å². The highest BCUT2D eigenvalue weighted by Crippen LogP contribution is 2.30. The van der Waals surface area contributed by atoms with Gasteiger partial charge in [0.15, 0.2) is 0 Å². The lowest BCUT2D eigenvalue weighted by Crippen LogP contribution is -2.76. The number of phenols is 1. The smallest absolute Gasteiger partial charge is 0.334 e. The van der Waals surface area contributed by atoms with Gasteiger partial charge in [0.05, 0.1) is 13.1 Å². The van der Waals surface area contributed by atoms with Crippen LogP contribution in [0.15, 0.2) is 78.9 Å². The molecule has 0 saturated carbocycles. The molecule has 2 atom stereocenters. The number of likely N-dealkylation sites (N-methyl/N-ethyl adjacent to an activating group) is 1. The molecule has 2 N–H and O–H groups in total. The zero-order valence-corrected chi connectivity index (χ0v) is 22.3. The van der Waals surface area contributed by atoms with E-state index >= 15 is 0 Å². The Morgan fingerprint density at radius 3 is 2.35 bits per heavy atom. The molecule has 40 heavy (non-hydrogen) atoms. The van der Waals surface area contributed by atoms with Crippen LogP contribution < -0.4 is 5.32 Å². The predicted octanol–water partition coefficient (Wildman–Crippen LogP) is 3.86.